The average molecular weight is 283 g/mol. The van der Waals surface area contributed by atoms with Gasteiger partial charge in [0.1, 0.15) is 18.3 Å². The SMILES string of the molecule is Nc1nc2ncc([C@@H](O)[C@@H](O)[C@H](O)CO)nc2c(=O)[nH]1. The van der Waals surface area contributed by atoms with Gasteiger partial charge < -0.3 is 26.2 Å². The van der Waals surface area contributed by atoms with E-state index in [1.807, 2.05) is 0 Å². The molecule has 0 amide bonds. The highest BCUT2D eigenvalue weighted by Crippen LogP contribution is 2.17. The molecule has 0 aromatic carbocycles. The molecule has 0 saturated heterocycles. The average Bonchev–Trinajstić information content (AvgIpc) is 2.44. The van der Waals surface area contributed by atoms with Crippen molar-refractivity contribution in [3.63, 3.8) is 0 Å². The highest BCUT2D eigenvalue weighted by atomic mass is 16.4. The first-order valence-electron chi connectivity index (χ1n) is 5.61. The maximum atomic E-state index is 11.6. The summed E-state index contributed by atoms with van der Waals surface area (Å²) >= 11 is 0. The molecule has 7 N–H and O–H groups in total. The standard InChI is InChI=1S/C10H13N5O5/c11-10-14-8-5(9(20)15-10)13-3(1-12-8)6(18)7(19)4(17)2-16/h1,4,6-7,16-19H,2H2,(H3,11,12,14,15,20)/t4-,6-,7+/m1/s1. The van der Waals surface area contributed by atoms with Crippen LogP contribution in [-0.4, -0.2) is 59.2 Å². The third-order valence-corrected chi connectivity index (χ3v) is 2.66. The van der Waals surface area contributed by atoms with Crippen molar-refractivity contribution in [2.75, 3.05) is 12.3 Å². The van der Waals surface area contributed by atoms with Crippen LogP contribution in [0.1, 0.15) is 11.8 Å². The van der Waals surface area contributed by atoms with Crippen LogP contribution < -0.4 is 11.3 Å². The van der Waals surface area contributed by atoms with Gasteiger partial charge in [0.15, 0.2) is 11.2 Å². The fourth-order valence-electron chi connectivity index (χ4n) is 1.58. The Balaban J connectivity index is 2.44. The number of hydrogen-bond donors (Lipinski definition) is 6. The second kappa shape index (κ2) is 5.46. The van der Waals surface area contributed by atoms with Crippen molar-refractivity contribution >= 4 is 17.1 Å². The number of anilines is 1. The molecule has 0 spiro atoms. The van der Waals surface area contributed by atoms with Gasteiger partial charge in [0, 0.05) is 0 Å². The molecule has 2 heterocycles. The first-order valence-corrected chi connectivity index (χ1v) is 5.61. The summed E-state index contributed by atoms with van der Waals surface area (Å²) in [4.78, 5) is 25.2. The van der Waals surface area contributed by atoms with Crippen molar-refractivity contribution in [1.29, 1.82) is 0 Å². The van der Waals surface area contributed by atoms with E-state index >= 15 is 0 Å². The summed E-state index contributed by atoms with van der Waals surface area (Å²) < 4.78 is 0. The largest absolute Gasteiger partial charge is 0.394 e. The number of aliphatic hydroxyl groups is 4. The van der Waals surface area contributed by atoms with E-state index in [1.165, 1.54) is 0 Å². The predicted molar refractivity (Wildman–Crippen MR) is 66.4 cm³/mol. The van der Waals surface area contributed by atoms with E-state index in [0.717, 1.165) is 6.20 Å². The van der Waals surface area contributed by atoms with Crippen LogP contribution in [0, 0.1) is 0 Å². The zero-order valence-electron chi connectivity index (χ0n) is 10.1. The van der Waals surface area contributed by atoms with Crippen LogP contribution in [0.4, 0.5) is 5.95 Å². The lowest BCUT2D eigenvalue weighted by atomic mass is 10.1. The molecule has 2 aromatic rings. The summed E-state index contributed by atoms with van der Waals surface area (Å²) in [6.07, 6.45) is -3.75. The molecule has 0 bridgehead atoms. The molecule has 0 unspecified atom stereocenters. The molecule has 0 aliphatic carbocycles. The Kier molecular flexibility index (Phi) is 3.90. The van der Waals surface area contributed by atoms with E-state index < -0.39 is 30.5 Å². The van der Waals surface area contributed by atoms with Crippen LogP contribution in [0.15, 0.2) is 11.0 Å². The lowest BCUT2D eigenvalue weighted by Gasteiger charge is -2.20. The first kappa shape index (κ1) is 14.3. The number of rotatable bonds is 4. The molecular formula is C10H13N5O5. The van der Waals surface area contributed by atoms with Crippen LogP contribution in [0.3, 0.4) is 0 Å². The topological polar surface area (TPSA) is 178 Å². The van der Waals surface area contributed by atoms with Crippen molar-refractivity contribution in [3.8, 4) is 0 Å². The minimum atomic E-state index is -1.67. The Morgan fingerprint density at radius 2 is 2.00 bits per heavy atom. The molecule has 0 radical (unpaired) electrons. The monoisotopic (exact) mass is 283 g/mol. The molecule has 10 heteroatoms. The van der Waals surface area contributed by atoms with Gasteiger partial charge in [-0.2, -0.15) is 4.98 Å². The Labute approximate surface area is 111 Å². The molecule has 10 nitrogen and oxygen atoms in total. The van der Waals surface area contributed by atoms with E-state index in [-0.39, 0.29) is 22.8 Å². The second-order valence-electron chi connectivity index (χ2n) is 4.10. The van der Waals surface area contributed by atoms with E-state index in [4.69, 9.17) is 10.8 Å². The quantitative estimate of drug-likeness (QED) is 0.342. The van der Waals surface area contributed by atoms with E-state index in [0.29, 0.717) is 0 Å². The van der Waals surface area contributed by atoms with E-state index in [2.05, 4.69) is 19.9 Å². The van der Waals surface area contributed by atoms with Gasteiger partial charge in [0.25, 0.3) is 5.56 Å². The van der Waals surface area contributed by atoms with Crippen molar-refractivity contribution in [2.45, 2.75) is 18.3 Å². The number of nitrogens with one attached hydrogen (secondary N) is 1. The number of aromatic amines is 1. The van der Waals surface area contributed by atoms with Crippen LogP contribution in [0.5, 0.6) is 0 Å². The van der Waals surface area contributed by atoms with Gasteiger partial charge >= 0.3 is 0 Å². The molecule has 20 heavy (non-hydrogen) atoms. The maximum Gasteiger partial charge on any atom is 0.280 e. The minimum absolute atomic E-state index is 0.0144. The summed E-state index contributed by atoms with van der Waals surface area (Å²) in [6, 6.07) is 0. The van der Waals surface area contributed by atoms with Crippen LogP contribution in [-0.2, 0) is 0 Å². The molecule has 0 aliphatic rings. The normalized spacial score (nSPS) is 16.0. The summed E-state index contributed by atoms with van der Waals surface area (Å²) in [5.74, 6) is -0.124. The number of aliphatic hydroxyl groups excluding tert-OH is 4. The smallest absolute Gasteiger partial charge is 0.280 e. The summed E-state index contributed by atoms with van der Waals surface area (Å²) in [5.41, 5.74) is 4.37. The third kappa shape index (κ3) is 2.58. The van der Waals surface area contributed by atoms with Crippen LogP contribution >= 0.6 is 0 Å². The molecule has 2 rings (SSSR count). The number of H-pyrrole nitrogens is 1. The lowest BCUT2D eigenvalue weighted by Crippen LogP contribution is -2.35. The second-order valence-corrected chi connectivity index (χ2v) is 4.10. The molecular weight excluding hydrogens is 270 g/mol. The van der Waals surface area contributed by atoms with Crippen LogP contribution in [0.25, 0.3) is 11.2 Å². The van der Waals surface area contributed by atoms with Gasteiger partial charge in [-0.3, -0.25) is 9.78 Å². The number of nitrogen functional groups attached to an aromatic ring is 1. The van der Waals surface area contributed by atoms with Crippen LogP contribution in [0.2, 0.25) is 0 Å². The molecule has 108 valence electrons. The number of nitrogens with two attached hydrogens (primary N) is 1. The minimum Gasteiger partial charge on any atom is -0.394 e. The molecule has 2 aromatic heterocycles. The highest BCUT2D eigenvalue weighted by Gasteiger charge is 2.27. The van der Waals surface area contributed by atoms with Crippen molar-refractivity contribution < 1.29 is 20.4 Å². The Morgan fingerprint density at radius 1 is 1.30 bits per heavy atom. The molecule has 0 fully saturated rings. The van der Waals surface area contributed by atoms with Gasteiger partial charge in [0.05, 0.1) is 18.5 Å². The van der Waals surface area contributed by atoms with Gasteiger partial charge in [-0.1, -0.05) is 0 Å². The van der Waals surface area contributed by atoms with Gasteiger partial charge in [-0.05, 0) is 0 Å². The van der Waals surface area contributed by atoms with E-state index in [1.54, 1.807) is 0 Å². The fourth-order valence-corrected chi connectivity index (χ4v) is 1.58. The van der Waals surface area contributed by atoms with Gasteiger partial charge in [-0.25, -0.2) is 9.97 Å². The Morgan fingerprint density at radius 3 is 2.65 bits per heavy atom. The maximum absolute atomic E-state index is 11.6. The summed E-state index contributed by atoms with van der Waals surface area (Å²) in [6.45, 7) is -0.738. The number of hydrogen-bond acceptors (Lipinski definition) is 9. The Hall–Kier alpha value is -2.14. The number of fused-ring (bicyclic) bond motifs is 1. The van der Waals surface area contributed by atoms with Gasteiger partial charge in [0.2, 0.25) is 5.95 Å². The first-order chi connectivity index (χ1) is 9.43. The zero-order valence-corrected chi connectivity index (χ0v) is 10.1. The number of nitrogens with zero attached hydrogens (tertiary/aromatic N) is 3. The summed E-state index contributed by atoms with van der Waals surface area (Å²) in [7, 11) is 0. The molecule has 0 aliphatic heterocycles. The lowest BCUT2D eigenvalue weighted by molar-refractivity contribution is -0.0789. The fraction of sp³-hybridized carbons (Fsp3) is 0.400. The Bertz CT molecular complexity index is 675. The van der Waals surface area contributed by atoms with E-state index in [9.17, 15) is 20.1 Å². The number of aromatic nitrogens is 4. The predicted octanol–water partition coefficient (Wildman–Crippen LogP) is -2.96. The highest BCUT2D eigenvalue weighted by molar-refractivity contribution is 5.69. The summed E-state index contributed by atoms with van der Waals surface area (Å²) in [5, 5.41) is 37.4. The molecule has 0 saturated carbocycles. The van der Waals surface area contributed by atoms with Crippen molar-refractivity contribution in [2.24, 2.45) is 0 Å². The molecule has 3 atom stereocenters. The zero-order chi connectivity index (χ0) is 14.9. The van der Waals surface area contributed by atoms with Gasteiger partial charge in [-0.15, -0.1) is 0 Å². The third-order valence-electron chi connectivity index (χ3n) is 2.66. The van der Waals surface area contributed by atoms with Crippen molar-refractivity contribution in [1.82, 2.24) is 19.9 Å². The van der Waals surface area contributed by atoms with Crippen molar-refractivity contribution in [3.05, 3.63) is 22.2 Å².